The van der Waals surface area contributed by atoms with Crippen LogP contribution < -0.4 is 14.4 Å². The zero-order chi connectivity index (χ0) is 24.1. The first-order valence-corrected chi connectivity index (χ1v) is 9.75. The normalized spacial score (nSPS) is 12.7. The minimum atomic E-state index is -4.74. The first-order valence-electron chi connectivity index (χ1n) is 9.37. The lowest BCUT2D eigenvalue weighted by molar-refractivity contribution is -0.141. The Labute approximate surface area is 189 Å². The molecule has 2 aromatic carbocycles. The minimum absolute atomic E-state index is 0.00916. The summed E-state index contributed by atoms with van der Waals surface area (Å²) in [5.41, 5.74) is -1.12. The van der Waals surface area contributed by atoms with Gasteiger partial charge in [0.2, 0.25) is 6.79 Å². The van der Waals surface area contributed by atoms with Crippen LogP contribution in [-0.2, 0) is 6.18 Å². The van der Waals surface area contributed by atoms with Gasteiger partial charge in [0.05, 0.1) is 22.1 Å². The Morgan fingerprint density at radius 3 is 2.58 bits per heavy atom. The Hall–Kier alpha value is -3.73. The number of ether oxygens (including phenoxy) is 2. The topological polar surface area (TPSA) is 93.9 Å². The molecule has 0 atom stereocenters. The monoisotopic (exact) mass is 481 g/mol. The first-order chi connectivity index (χ1) is 15.5. The van der Waals surface area contributed by atoms with E-state index in [1.165, 1.54) is 50.4 Å². The highest BCUT2D eigenvalue weighted by Gasteiger charge is 2.38. The predicted molar refractivity (Wildman–Crippen MR) is 111 cm³/mol. The number of carboxylic acid groups (broad SMARTS) is 1. The van der Waals surface area contributed by atoms with E-state index in [1.54, 1.807) is 0 Å². The molecule has 12 heteroatoms. The van der Waals surface area contributed by atoms with Gasteiger partial charge in [0.15, 0.2) is 17.2 Å². The summed E-state index contributed by atoms with van der Waals surface area (Å²) in [6.45, 7) is 1.22. The summed E-state index contributed by atoms with van der Waals surface area (Å²) in [5, 5.41) is 12.7. The number of hydrogen-bond donors (Lipinski definition) is 1. The summed E-state index contributed by atoms with van der Waals surface area (Å²) in [5.74, 6) is -1.67. The largest absolute Gasteiger partial charge is 0.477 e. The van der Waals surface area contributed by atoms with Crippen LogP contribution in [0.3, 0.4) is 0 Å². The van der Waals surface area contributed by atoms with E-state index >= 15 is 0 Å². The molecule has 3 aromatic rings. The third-order valence-corrected chi connectivity index (χ3v) is 5.50. The summed E-state index contributed by atoms with van der Waals surface area (Å²) < 4.78 is 50.9. The Balaban J connectivity index is 1.73. The predicted octanol–water partition coefficient (Wildman–Crippen LogP) is 4.56. The number of anilines is 1. The number of carbonyl (C=O) groups excluding carboxylic acids is 1. The smallest absolute Gasteiger partial charge is 0.436 e. The van der Waals surface area contributed by atoms with Crippen molar-refractivity contribution in [2.45, 2.75) is 13.1 Å². The third-order valence-electron chi connectivity index (χ3n) is 5.05. The Kier molecular flexibility index (Phi) is 5.44. The number of hydrogen-bond acceptors (Lipinski definition) is 5. The average Bonchev–Trinajstić information content (AvgIpc) is 3.36. The van der Waals surface area contributed by atoms with Gasteiger partial charge in [-0.05, 0) is 37.3 Å². The van der Waals surface area contributed by atoms with E-state index in [9.17, 15) is 27.9 Å². The Morgan fingerprint density at radius 2 is 1.94 bits per heavy atom. The molecule has 1 N–H and O–H groups in total. The Bertz CT molecular complexity index is 1290. The maximum Gasteiger partial charge on any atom is 0.436 e. The molecule has 0 saturated heterocycles. The molecule has 0 fully saturated rings. The van der Waals surface area contributed by atoms with Crippen molar-refractivity contribution >= 4 is 29.2 Å². The molecule has 8 nitrogen and oxygen atoms in total. The number of alkyl halides is 3. The van der Waals surface area contributed by atoms with Crippen LogP contribution in [-0.4, -0.2) is 40.6 Å². The summed E-state index contributed by atoms with van der Waals surface area (Å²) in [7, 11) is 1.37. The van der Waals surface area contributed by atoms with Crippen LogP contribution >= 0.6 is 11.6 Å². The van der Waals surface area contributed by atoms with Crippen LogP contribution in [0.25, 0.3) is 5.69 Å². The minimum Gasteiger partial charge on any atom is -0.477 e. The van der Waals surface area contributed by atoms with Crippen molar-refractivity contribution in [3.63, 3.8) is 0 Å². The van der Waals surface area contributed by atoms with Gasteiger partial charge >= 0.3 is 12.1 Å². The van der Waals surface area contributed by atoms with Gasteiger partial charge in [-0.25, -0.2) is 9.48 Å². The summed E-state index contributed by atoms with van der Waals surface area (Å²) in [6.07, 6.45) is -4.74. The SMILES string of the molecule is Cc1c(Cl)c(C(F)(F)F)nn1-c1cccc(C(=O)N(C)c2ccc3c(c2C(=O)O)OCO3)c1. The van der Waals surface area contributed by atoms with Gasteiger partial charge in [-0.1, -0.05) is 17.7 Å². The average molecular weight is 482 g/mol. The highest BCUT2D eigenvalue weighted by molar-refractivity contribution is 6.32. The van der Waals surface area contributed by atoms with Crippen molar-refractivity contribution < 1.29 is 37.3 Å². The van der Waals surface area contributed by atoms with Gasteiger partial charge in [-0.3, -0.25) is 4.79 Å². The second-order valence-electron chi connectivity index (χ2n) is 7.07. The van der Waals surface area contributed by atoms with Crippen molar-refractivity contribution in [1.29, 1.82) is 0 Å². The van der Waals surface area contributed by atoms with Crippen molar-refractivity contribution in [2.75, 3.05) is 18.7 Å². The highest BCUT2D eigenvalue weighted by atomic mass is 35.5. The number of aromatic nitrogens is 2. The van der Waals surface area contributed by atoms with Gasteiger partial charge in [0, 0.05) is 12.6 Å². The number of carbonyl (C=O) groups is 2. The lowest BCUT2D eigenvalue weighted by Crippen LogP contribution is -2.28. The number of rotatable bonds is 4. The summed E-state index contributed by atoms with van der Waals surface area (Å²) in [6, 6.07) is 8.61. The quantitative estimate of drug-likeness (QED) is 0.587. The van der Waals surface area contributed by atoms with E-state index < -0.39 is 28.8 Å². The molecular weight excluding hydrogens is 467 g/mol. The maximum atomic E-state index is 13.2. The van der Waals surface area contributed by atoms with Crippen molar-refractivity contribution in [3.05, 3.63) is 63.9 Å². The lowest BCUT2D eigenvalue weighted by Gasteiger charge is -2.20. The van der Waals surface area contributed by atoms with E-state index in [2.05, 4.69) is 5.10 Å². The molecule has 33 heavy (non-hydrogen) atoms. The van der Waals surface area contributed by atoms with Crippen molar-refractivity contribution in [1.82, 2.24) is 9.78 Å². The third kappa shape index (κ3) is 3.84. The molecule has 0 spiro atoms. The molecule has 4 rings (SSSR count). The van der Waals surface area contributed by atoms with Gasteiger partial charge < -0.3 is 19.5 Å². The molecule has 1 aliphatic rings. The fraction of sp³-hybridized carbons (Fsp3) is 0.190. The summed E-state index contributed by atoms with van der Waals surface area (Å²) in [4.78, 5) is 26.1. The van der Waals surface area contributed by atoms with E-state index in [-0.39, 0.29) is 46.5 Å². The molecular formula is C21H15ClF3N3O5. The number of aromatic carboxylic acids is 1. The number of carboxylic acids is 1. The molecule has 2 heterocycles. The molecule has 172 valence electrons. The van der Waals surface area contributed by atoms with Gasteiger partial charge in [-0.15, -0.1) is 0 Å². The van der Waals surface area contributed by atoms with Crippen LogP contribution in [0.5, 0.6) is 11.5 Å². The van der Waals surface area contributed by atoms with E-state index in [4.69, 9.17) is 21.1 Å². The van der Waals surface area contributed by atoms with E-state index in [0.717, 1.165) is 9.58 Å². The van der Waals surface area contributed by atoms with Crippen LogP contribution in [0, 0.1) is 6.92 Å². The molecule has 1 aromatic heterocycles. The van der Waals surface area contributed by atoms with Gasteiger partial charge in [-0.2, -0.15) is 18.3 Å². The van der Waals surface area contributed by atoms with Crippen LogP contribution in [0.4, 0.5) is 18.9 Å². The van der Waals surface area contributed by atoms with Crippen molar-refractivity contribution in [2.24, 2.45) is 0 Å². The molecule has 0 saturated carbocycles. The fourth-order valence-electron chi connectivity index (χ4n) is 3.44. The Morgan fingerprint density at radius 1 is 1.21 bits per heavy atom. The van der Waals surface area contributed by atoms with Gasteiger partial charge in [0.25, 0.3) is 5.91 Å². The number of halogens is 4. The molecule has 0 unspecified atom stereocenters. The van der Waals surface area contributed by atoms with Crippen molar-refractivity contribution in [3.8, 4) is 17.2 Å². The molecule has 0 radical (unpaired) electrons. The molecule has 0 bridgehead atoms. The highest BCUT2D eigenvalue weighted by Crippen LogP contribution is 2.41. The molecule has 1 aliphatic heterocycles. The van der Waals surface area contributed by atoms with Gasteiger partial charge in [0.1, 0.15) is 5.56 Å². The molecule has 1 amide bonds. The fourth-order valence-corrected chi connectivity index (χ4v) is 3.66. The van der Waals surface area contributed by atoms with E-state index in [0.29, 0.717) is 0 Å². The zero-order valence-electron chi connectivity index (χ0n) is 17.1. The van der Waals surface area contributed by atoms with Crippen LogP contribution in [0.2, 0.25) is 5.02 Å². The summed E-state index contributed by atoms with van der Waals surface area (Å²) >= 11 is 5.82. The zero-order valence-corrected chi connectivity index (χ0v) is 17.9. The maximum absolute atomic E-state index is 13.2. The standard InChI is InChI=1S/C21H15ClF3N3O5/c1-10-16(22)18(21(23,24)25)26-28(10)12-5-3-4-11(8-12)19(29)27(2)13-6-7-14-17(33-9-32-14)15(13)20(30)31/h3-8H,9H2,1-2H3,(H,30,31). The lowest BCUT2D eigenvalue weighted by atomic mass is 10.1. The van der Waals surface area contributed by atoms with E-state index in [1.807, 2.05) is 0 Å². The second kappa shape index (κ2) is 8.00. The van der Waals surface area contributed by atoms with Crippen LogP contribution in [0.15, 0.2) is 36.4 Å². The number of fused-ring (bicyclic) bond motifs is 1. The second-order valence-corrected chi connectivity index (χ2v) is 7.45. The number of benzene rings is 2. The number of nitrogens with zero attached hydrogens (tertiary/aromatic N) is 3. The first kappa shape index (κ1) is 22.5. The van der Waals surface area contributed by atoms with Crippen LogP contribution in [0.1, 0.15) is 32.1 Å². The number of amides is 1. The molecule has 0 aliphatic carbocycles.